The normalized spacial score (nSPS) is 24.8. The van der Waals surface area contributed by atoms with Crippen LogP contribution in [0.5, 0.6) is 0 Å². The predicted molar refractivity (Wildman–Crippen MR) is 78.6 cm³/mol. The fourth-order valence-electron chi connectivity index (χ4n) is 3.46. The fraction of sp³-hybridized carbons (Fsp3) is 0.562. The van der Waals surface area contributed by atoms with Crippen LogP contribution in [0.4, 0.5) is 0 Å². The molecule has 5 heteroatoms. The Hall–Kier alpha value is -1.75. The molecule has 1 unspecified atom stereocenters. The van der Waals surface area contributed by atoms with Crippen LogP contribution in [-0.2, 0) is 9.59 Å². The Labute approximate surface area is 124 Å². The van der Waals surface area contributed by atoms with E-state index in [2.05, 4.69) is 22.0 Å². The van der Waals surface area contributed by atoms with Crippen molar-refractivity contribution in [3.05, 3.63) is 30.1 Å². The third kappa shape index (κ3) is 2.70. The van der Waals surface area contributed by atoms with Gasteiger partial charge in [-0.2, -0.15) is 0 Å². The molecule has 2 aliphatic rings. The molecule has 0 N–H and O–H groups in total. The van der Waals surface area contributed by atoms with Gasteiger partial charge in [-0.15, -0.1) is 0 Å². The molecule has 1 aromatic heterocycles. The Morgan fingerprint density at radius 2 is 1.86 bits per heavy atom. The van der Waals surface area contributed by atoms with E-state index < -0.39 is 0 Å². The Morgan fingerprint density at radius 3 is 2.43 bits per heavy atom. The SMILES string of the molecule is CCN1C(=O)CC(N2CCC(c3ccncc3)CC2)C1=O. The molecule has 0 spiro atoms. The topological polar surface area (TPSA) is 53.5 Å². The van der Waals surface area contributed by atoms with Gasteiger partial charge in [0, 0.05) is 18.9 Å². The van der Waals surface area contributed by atoms with E-state index in [1.165, 1.54) is 10.5 Å². The van der Waals surface area contributed by atoms with Crippen LogP contribution in [0.15, 0.2) is 24.5 Å². The van der Waals surface area contributed by atoms with Crippen molar-refractivity contribution in [2.75, 3.05) is 19.6 Å². The van der Waals surface area contributed by atoms with E-state index in [4.69, 9.17) is 0 Å². The zero-order chi connectivity index (χ0) is 14.8. The highest BCUT2D eigenvalue weighted by Gasteiger charge is 2.41. The smallest absolute Gasteiger partial charge is 0.247 e. The average Bonchev–Trinajstić information content (AvgIpc) is 2.82. The number of carbonyl (C=O) groups excluding carboxylic acids is 2. The van der Waals surface area contributed by atoms with E-state index in [0.29, 0.717) is 18.9 Å². The van der Waals surface area contributed by atoms with Gasteiger partial charge < -0.3 is 0 Å². The van der Waals surface area contributed by atoms with Gasteiger partial charge in [0.15, 0.2) is 0 Å². The van der Waals surface area contributed by atoms with Crippen LogP contribution in [0.25, 0.3) is 0 Å². The van der Waals surface area contributed by atoms with Crippen LogP contribution in [0.1, 0.15) is 37.7 Å². The number of imide groups is 1. The molecule has 0 aromatic carbocycles. The maximum absolute atomic E-state index is 12.3. The minimum Gasteiger partial charge on any atom is -0.291 e. The largest absolute Gasteiger partial charge is 0.291 e. The summed E-state index contributed by atoms with van der Waals surface area (Å²) >= 11 is 0. The van der Waals surface area contributed by atoms with Crippen molar-refractivity contribution < 1.29 is 9.59 Å². The van der Waals surface area contributed by atoms with Gasteiger partial charge >= 0.3 is 0 Å². The third-order valence-corrected chi connectivity index (χ3v) is 4.68. The lowest BCUT2D eigenvalue weighted by Gasteiger charge is -2.34. The van der Waals surface area contributed by atoms with Crippen LogP contribution < -0.4 is 0 Å². The van der Waals surface area contributed by atoms with Crippen molar-refractivity contribution in [3.8, 4) is 0 Å². The van der Waals surface area contributed by atoms with Crippen molar-refractivity contribution in [2.24, 2.45) is 0 Å². The van der Waals surface area contributed by atoms with Crippen molar-refractivity contribution in [2.45, 2.75) is 38.1 Å². The number of aromatic nitrogens is 1. The number of carbonyl (C=O) groups is 2. The molecule has 2 amide bonds. The Kier molecular flexibility index (Phi) is 4.01. The molecule has 1 aromatic rings. The quantitative estimate of drug-likeness (QED) is 0.789. The van der Waals surface area contributed by atoms with Gasteiger partial charge in [0.25, 0.3) is 0 Å². The van der Waals surface area contributed by atoms with E-state index in [1.807, 2.05) is 19.3 Å². The monoisotopic (exact) mass is 287 g/mol. The van der Waals surface area contributed by atoms with E-state index in [9.17, 15) is 9.59 Å². The molecule has 3 rings (SSSR count). The first-order valence-electron chi connectivity index (χ1n) is 7.69. The third-order valence-electron chi connectivity index (χ3n) is 4.68. The minimum atomic E-state index is -0.226. The average molecular weight is 287 g/mol. The number of nitrogens with zero attached hydrogens (tertiary/aromatic N) is 3. The molecule has 112 valence electrons. The molecule has 0 radical (unpaired) electrons. The van der Waals surface area contributed by atoms with Crippen LogP contribution in [-0.4, -0.2) is 52.3 Å². The standard InChI is InChI=1S/C16H21N3O2/c1-2-19-15(20)11-14(16(19)21)18-9-5-13(6-10-18)12-3-7-17-8-4-12/h3-4,7-8,13-14H,2,5-6,9-11H2,1H3. The fourth-order valence-corrected chi connectivity index (χ4v) is 3.46. The summed E-state index contributed by atoms with van der Waals surface area (Å²) < 4.78 is 0. The van der Waals surface area contributed by atoms with Gasteiger partial charge in [-0.05, 0) is 56.5 Å². The van der Waals surface area contributed by atoms with Crippen molar-refractivity contribution in [1.82, 2.24) is 14.8 Å². The molecule has 2 fully saturated rings. The number of amides is 2. The molecular formula is C16H21N3O2. The van der Waals surface area contributed by atoms with Gasteiger partial charge in [-0.25, -0.2) is 0 Å². The van der Waals surface area contributed by atoms with Gasteiger partial charge in [0.1, 0.15) is 0 Å². The number of likely N-dealkylation sites (N-methyl/N-ethyl adjacent to an activating group) is 1. The van der Waals surface area contributed by atoms with Crippen molar-refractivity contribution in [1.29, 1.82) is 0 Å². The number of likely N-dealkylation sites (tertiary alicyclic amines) is 2. The molecule has 2 aliphatic heterocycles. The van der Waals surface area contributed by atoms with E-state index in [0.717, 1.165) is 25.9 Å². The lowest BCUT2D eigenvalue weighted by Crippen LogP contribution is -2.45. The van der Waals surface area contributed by atoms with E-state index in [1.54, 1.807) is 0 Å². The molecule has 3 heterocycles. The molecule has 1 atom stereocenters. The number of pyridine rings is 1. The number of hydrogen-bond acceptors (Lipinski definition) is 4. The summed E-state index contributed by atoms with van der Waals surface area (Å²) in [4.78, 5) is 31.7. The summed E-state index contributed by atoms with van der Waals surface area (Å²) in [5.74, 6) is 0.507. The van der Waals surface area contributed by atoms with Crippen LogP contribution in [0, 0.1) is 0 Å². The second kappa shape index (κ2) is 5.93. The zero-order valence-electron chi connectivity index (χ0n) is 12.4. The molecule has 21 heavy (non-hydrogen) atoms. The molecular weight excluding hydrogens is 266 g/mol. The van der Waals surface area contributed by atoms with E-state index >= 15 is 0 Å². The Balaban J connectivity index is 1.62. The Bertz CT molecular complexity index is 524. The summed E-state index contributed by atoms with van der Waals surface area (Å²) in [6.45, 7) is 4.11. The highest BCUT2D eigenvalue weighted by atomic mass is 16.2. The van der Waals surface area contributed by atoms with E-state index in [-0.39, 0.29) is 17.9 Å². The molecule has 0 aliphatic carbocycles. The molecule has 5 nitrogen and oxygen atoms in total. The first kappa shape index (κ1) is 14.2. The number of rotatable bonds is 3. The maximum atomic E-state index is 12.3. The second-order valence-corrected chi connectivity index (χ2v) is 5.79. The summed E-state index contributed by atoms with van der Waals surface area (Å²) in [5.41, 5.74) is 1.33. The summed E-state index contributed by atoms with van der Waals surface area (Å²) in [5, 5.41) is 0. The van der Waals surface area contributed by atoms with Crippen molar-refractivity contribution >= 4 is 11.8 Å². The lowest BCUT2D eigenvalue weighted by molar-refractivity contribution is -0.139. The molecule has 0 bridgehead atoms. The van der Waals surface area contributed by atoms with Crippen LogP contribution >= 0.6 is 0 Å². The second-order valence-electron chi connectivity index (χ2n) is 5.79. The number of hydrogen-bond donors (Lipinski definition) is 0. The lowest BCUT2D eigenvalue weighted by atomic mass is 9.89. The highest BCUT2D eigenvalue weighted by molar-refractivity contribution is 6.05. The van der Waals surface area contributed by atoms with Gasteiger partial charge in [-0.3, -0.25) is 24.4 Å². The Morgan fingerprint density at radius 1 is 1.19 bits per heavy atom. The first-order valence-corrected chi connectivity index (χ1v) is 7.69. The zero-order valence-corrected chi connectivity index (χ0v) is 12.4. The van der Waals surface area contributed by atoms with Gasteiger partial charge in [-0.1, -0.05) is 0 Å². The number of piperidine rings is 1. The molecule has 2 saturated heterocycles. The van der Waals surface area contributed by atoms with Crippen LogP contribution in [0.3, 0.4) is 0 Å². The van der Waals surface area contributed by atoms with Gasteiger partial charge in [0.2, 0.25) is 11.8 Å². The predicted octanol–water partition coefficient (Wildman–Crippen LogP) is 1.41. The minimum absolute atomic E-state index is 0.00939. The summed E-state index contributed by atoms with van der Waals surface area (Å²) in [6, 6.07) is 3.92. The van der Waals surface area contributed by atoms with Crippen molar-refractivity contribution in [3.63, 3.8) is 0 Å². The maximum Gasteiger partial charge on any atom is 0.247 e. The van der Waals surface area contributed by atoms with Gasteiger partial charge in [0.05, 0.1) is 12.5 Å². The summed E-state index contributed by atoms with van der Waals surface area (Å²) in [7, 11) is 0. The summed E-state index contributed by atoms with van der Waals surface area (Å²) in [6.07, 6.45) is 6.09. The molecule has 0 saturated carbocycles. The highest BCUT2D eigenvalue weighted by Crippen LogP contribution is 2.30. The van der Waals surface area contributed by atoms with Crippen LogP contribution in [0.2, 0.25) is 0 Å². The first-order chi connectivity index (χ1) is 10.2.